The van der Waals surface area contributed by atoms with Crippen LogP contribution in [0.25, 0.3) is 11.4 Å². The lowest BCUT2D eigenvalue weighted by molar-refractivity contribution is -0.386. The van der Waals surface area contributed by atoms with E-state index in [1.54, 1.807) is 36.4 Å². The second-order valence-electron chi connectivity index (χ2n) is 4.51. The number of aromatic nitrogens is 2. The van der Waals surface area contributed by atoms with Crippen LogP contribution in [-0.4, -0.2) is 15.1 Å². The summed E-state index contributed by atoms with van der Waals surface area (Å²) < 4.78 is 10.5. The minimum Gasteiger partial charge on any atom is -0.477 e. The molecule has 116 valence electrons. The number of rotatable bonds is 5. The van der Waals surface area contributed by atoms with E-state index in [1.807, 2.05) is 0 Å². The van der Waals surface area contributed by atoms with Gasteiger partial charge in [0, 0.05) is 11.6 Å². The zero-order chi connectivity index (χ0) is 16.2. The molecule has 0 atom stereocenters. The van der Waals surface area contributed by atoms with Crippen molar-refractivity contribution >= 4 is 17.3 Å². The highest BCUT2D eigenvalue weighted by Gasteiger charge is 2.16. The second-order valence-corrected chi connectivity index (χ2v) is 4.91. The van der Waals surface area contributed by atoms with E-state index in [4.69, 9.17) is 20.9 Å². The van der Waals surface area contributed by atoms with E-state index in [0.29, 0.717) is 16.4 Å². The van der Waals surface area contributed by atoms with Crippen molar-refractivity contribution < 1.29 is 14.2 Å². The van der Waals surface area contributed by atoms with E-state index in [9.17, 15) is 10.1 Å². The average Bonchev–Trinajstić information content (AvgIpc) is 3.02. The molecule has 1 heterocycles. The van der Waals surface area contributed by atoms with Gasteiger partial charge in [0.25, 0.3) is 5.89 Å². The summed E-state index contributed by atoms with van der Waals surface area (Å²) in [6.45, 7) is -0.0810. The van der Waals surface area contributed by atoms with E-state index in [-0.39, 0.29) is 23.9 Å². The monoisotopic (exact) mass is 331 g/mol. The summed E-state index contributed by atoms with van der Waals surface area (Å²) in [6.07, 6.45) is 0. The minimum atomic E-state index is -0.516. The Labute approximate surface area is 135 Å². The quantitative estimate of drug-likeness (QED) is 0.520. The Morgan fingerprint density at radius 2 is 1.91 bits per heavy atom. The van der Waals surface area contributed by atoms with Crippen molar-refractivity contribution in [2.45, 2.75) is 6.61 Å². The molecule has 0 aliphatic rings. The van der Waals surface area contributed by atoms with Crippen molar-refractivity contribution in [1.82, 2.24) is 10.1 Å². The zero-order valence-corrected chi connectivity index (χ0v) is 12.4. The molecule has 3 aromatic rings. The maximum Gasteiger partial charge on any atom is 0.310 e. The summed E-state index contributed by atoms with van der Waals surface area (Å²) in [7, 11) is 0. The lowest BCUT2D eigenvalue weighted by Crippen LogP contribution is -1.99. The van der Waals surface area contributed by atoms with Gasteiger partial charge in [0.15, 0.2) is 12.4 Å². The number of halogens is 1. The molecule has 0 unspecified atom stereocenters. The zero-order valence-electron chi connectivity index (χ0n) is 11.7. The molecule has 0 spiro atoms. The summed E-state index contributed by atoms with van der Waals surface area (Å²) in [5, 5.41) is 15.3. The van der Waals surface area contributed by atoms with Crippen LogP contribution in [0, 0.1) is 10.1 Å². The van der Waals surface area contributed by atoms with Gasteiger partial charge in [-0.2, -0.15) is 4.98 Å². The summed E-state index contributed by atoms with van der Waals surface area (Å²) in [5.74, 6) is 0.657. The van der Waals surface area contributed by atoms with Crippen LogP contribution in [0.4, 0.5) is 5.69 Å². The number of ether oxygens (including phenoxy) is 1. The minimum absolute atomic E-state index is 0.0810. The molecular formula is C15H10ClN3O4. The normalized spacial score (nSPS) is 10.5. The lowest BCUT2D eigenvalue weighted by atomic mass is 10.2. The summed E-state index contributed by atoms with van der Waals surface area (Å²) in [5.41, 5.74) is 0.508. The number of hydrogen-bond acceptors (Lipinski definition) is 6. The molecular weight excluding hydrogens is 322 g/mol. The largest absolute Gasteiger partial charge is 0.477 e. The predicted molar refractivity (Wildman–Crippen MR) is 82.2 cm³/mol. The number of nitro benzene ring substituents is 1. The highest BCUT2D eigenvalue weighted by molar-refractivity contribution is 6.33. The summed E-state index contributed by atoms with van der Waals surface area (Å²) >= 11 is 6.07. The van der Waals surface area contributed by atoms with Gasteiger partial charge in [-0.1, -0.05) is 41.0 Å². The molecule has 8 heteroatoms. The fourth-order valence-corrected chi connectivity index (χ4v) is 2.16. The maximum atomic E-state index is 10.9. The van der Waals surface area contributed by atoms with Gasteiger partial charge < -0.3 is 9.26 Å². The molecule has 0 amide bonds. The van der Waals surface area contributed by atoms with Gasteiger partial charge in [-0.05, 0) is 18.2 Å². The Kier molecular flexibility index (Phi) is 4.20. The first-order chi connectivity index (χ1) is 11.1. The molecule has 7 nitrogen and oxygen atoms in total. The van der Waals surface area contributed by atoms with Gasteiger partial charge in [-0.25, -0.2) is 0 Å². The number of benzene rings is 2. The fourth-order valence-electron chi connectivity index (χ4n) is 1.93. The predicted octanol–water partition coefficient (Wildman–Crippen LogP) is 3.88. The Morgan fingerprint density at radius 3 is 2.70 bits per heavy atom. The van der Waals surface area contributed by atoms with Gasteiger partial charge in [0.2, 0.25) is 5.82 Å². The molecule has 0 saturated carbocycles. The average molecular weight is 332 g/mol. The van der Waals surface area contributed by atoms with Crippen molar-refractivity contribution in [2.75, 3.05) is 0 Å². The first-order valence-corrected chi connectivity index (χ1v) is 6.96. The molecule has 2 aromatic carbocycles. The van der Waals surface area contributed by atoms with Gasteiger partial charge in [-0.3, -0.25) is 10.1 Å². The molecule has 0 bridgehead atoms. The van der Waals surface area contributed by atoms with Gasteiger partial charge in [-0.15, -0.1) is 0 Å². The van der Waals surface area contributed by atoms with E-state index >= 15 is 0 Å². The Bertz CT molecular complexity index is 850. The molecule has 0 saturated heterocycles. The van der Waals surface area contributed by atoms with Crippen LogP contribution in [-0.2, 0) is 6.61 Å². The summed E-state index contributed by atoms with van der Waals surface area (Å²) in [4.78, 5) is 14.6. The van der Waals surface area contributed by atoms with Crippen LogP contribution < -0.4 is 4.74 Å². The number of para-hydroxylation sites is 2. The standard InChI is InChI=1S/C15H10ClN3O4/c16-11-6-2-1-5-10(11)15-17-14(23-18-15)9-22-13-8-4-3-7-12(13)19(20)21/h1-8H,9H2. The molecule has 0 radical (unpaired) electrons. The fraction of sp³-hybridized carbons (Fsp3) is 0.0667. The highest BCUT2D eigenvalue weighted by Crippen LogP contribution is 2.27. The van der Waals surface area contributed by atoms with Crippen molar-refractivity contribution in [3.8, 4) is 17.1 Å². The Hall–Kier alpha value is -2.93. The van der Waals surface area contributed by atoms with Crippen molar-refractivity contribution in [1.29, 1.82) is 0 Å². The molecule has 3 rings (SSSR count). The topological polar surface area (TPSA) is 91.3 Å². The lowest BCUT2D eigenvalue weighted by Gasteiger charge is -2.03. The SMILES string of the molecule is O=[N+]([O-])c1ccccc1OCc1nc(-c2ccccc2Cl)no1. The molecule has 0 aliphatic carbocycles. The second kappa shape index (κ2) is 6.45. The van der Waals surface area contributed by atoms with Gasteiger partial charge in [0.05, 0.1) is 9.95 Å². The Morgan fingerprint density at radius 1 is 1.17 bits per heavy atom. The van der Waals surface area contributed by atoms with Crippen LogP contribution in [0.5, 0.6) is 5.75 Å². The molecule has 1 aromatic heterocycles. The van der Waals surface area contributed by atoms with Crippen LogP contribution in [0.1, 0.15) is 5.89 Å². The molecule has 0 N–H and O–H groups in total. The van der Waals surface area contributed by atoms with E-state index < -0.39 is 4.92 Å². The van der Waals surface area contributed by atoms with E-state index in [0.717, 1.165) is 0 Å². The first kappa shape index (κ1) is 15.0. The molecule has 0 aliphatic heterocycles. The number of hydrogen-bond donors (Lipinski definition) is 0. The van der Waals surface area contributed by atoms with Gasteiger partial charge >= 0.3 is 5.69 Å². The number of nitro groups is 1. The van der Waals surface area contributed by atoms with Crippen molar-refractivity contribution in [2.24, 2.45) is 0 Å². The smallest absolute Gasteiger partial charge is 0.310 e. The van der Waals surface area contributed by atoms with E-state index in [1.165, 1.54) is 12.1 Å². The van der Waals surface area contributed by atoms with Crippen molar-refractivity contribution in [3.05, 3.63) is 69.6 Å². The Balaban J connectivity index is 1.76. The van der Waals surface area contributed by atoms with Crippen LogP contribution in [0.15, 0.2) is 53.1 Å². The molecule has 0 fully saturated rings. The first-order valence-electron chi connectivity index (χ1n) is 6.59. The highest BCUT2D eigenvalue weighted by atomic mass is 35.5. The maximum absolute atomic E-state index is 10.9. The van der Waals surface area contributed by atoms with Gasteiger partial charge in [0.1, 0.15) is 0 Å². The number of nitrogens with zero attached hydrogens (tertiary/aromatic N) is 3. The van der Waals surface area contributed by atoms with E-state index in [2.05, 4.69) is 10.1 Å². The third kappa shape index (κ3) is 3.29. The van der Waals surface area contributed by atoms with Crippen LogP contribution >= 0.6 is 11.6 Å². The molecule has 23 heavy (non-hydrogen) atoms. The van der Waals surface area contributed by atoms with Crippen LogP contribution in [0.3, 0.4) is 0 Å². The third-order valence-electron chi connectivity index (χ3n) is 3.00. The summed E-state index contributed by atoms with van der Waals surface area (Å²) in [6, 6.07) is 13.2. The third-order valence-corrected chi connectivity index (χ3v) is 3.33. The van der Waals surface area contributed by atoms with Crippen molar-refractivity contribution in [3.63, 3.8) is 0 Å². The van der Waals surface area contributed by atoms with Crippen LogP contribution in [0.2, 0.25) is 5.02 Å².